The summed E-state index contributed by atoms with van der Waals surface area (Å²) in [6.07, 6.45) is 0. The van der Waals surface area contributed by atoms with Gasteiger partial charge in [-0.1, -0.05) is 47.5 Å². The Kier molecular flexibility index (Phi) is 4.09. The molecule has 0 aliphatic rings. The van der Waals surface area contributed by atoms with E-state index in [-0.39, 0.29) is 5.82 Å². The summed E-state index contributed by atoms with van der Waals surface area (Å²) in [5.41, 5.74) is 1.48. The molecule has 110 valence electrons. The van der Waals surface area contributed by atoms with Gasteiger partial charge in [0.25, 0.3) is 5.91 Å². The second-order valence-electron chi connectivity index (χ2n) is 4.40. The number of aromatic nitrogens is 2. The number of hydrogen-bond donors (Lipinski definition) is 1. The number of carbonyl (C=O) groups is 1. The Morgan fingerprint density at radius 2 is 1.73 bits per heavy atom. The van der Waals surface area contributed by atoms with Crippen LogP contribution in [-0.4, -0.2) is 16.2 Å². The number of nitrogens with one attached hydrogen (secondary N) is 1. The van der Waals surface area contributed by atoms with Crippen LogP contribution in [-0.2, 0) is 0 Å². The van der Waals surface area contributed by atoms with E-state index in [9.17, 15) is 4.79 Å². The minimum Gasteiger partial charge on any atom is -0.302 e. The summed E-state index contributed by atoms with van der Waals surface area (Å²) in [7, 11) is 0. The fraction of sp³-hybridized carbons (Fsp3) is 0. The lowest BCUT2D eigenvalue weighted by Gasteiger charge is -2.05. The number of hydrogen-bond acceptors (Lipinski definition) is 4. The average molecular weight is 334 g/mol. The zero-order valence-corrected chi connectivity index (χ0v) is 12.6. The van der Waals surface area contributed by atoms with E-state index in [2.05, 4.69) is 15.6 Å². The van der Waals surface area contributed by atoms with E-state index in [1.54, 1.807) is 48.5 Å². The first-order valence-electron chi connectivity index (χ1n) is 6.29. The third kappa shape index (κ3) is 2.95. The van der Waals surface area contributed by atoms with E-state index in [1.165, 1.54) is 0 Å². The third-order valence-corrected chi connectivity index (χ3v) is 3.54. The molecule has 1 amide bonds. The van der Waals surface area contributed by atoms with Crippen molar-refractivity contribution >= 4 is 34.9 Å². The minimum atomic E-state index is -0.392. The van der Waals surface area contributed by atoms with Gasteiger partial charge in [-0.05, 0) is 34.6 Å². The summed E-state index contributed by atoms with van der Waals surface area (Å²) in [4.78, 5) is 12.2. The normalized spacial score (nSPS) is 10.5. The Balaban J connectivity index is 1.88. The van der Waals surface area contributed by atoms with Crippen molar-refractivity contribution in [2.24, 2.45) is 0 Å². The van der Waals surface area contributed by atoms with E-state index < -0.39 is 5.91 Å². The number of carbonyl (C=O) groups excluding carboxylic acids is 1. The second kappa shape index (κ2) is 6.17. The molecule has 0 unspecified atom stereocenters. The van der Waals surface area contributed by atoms with Crippen molar-refractivity contribution in [1.82, 2.24) is 10.3 Å². The summed E-state index contributed by atoms with van der Waals surface area (Å²) in [5, 5.41) is 11.1. The first kappa shape index (κ1) is 14.6. The Morgan fingerprint density at radius 1 is 1.00 bits per heavy atom. The van der Waals surface area contributed by atoms with Gasteiger partial charge in [0.15, 0.2) is 5.69 Å². The van der Waals surface area contributed by atoms with E-state index in [0.29, 0.717) is 21.3 Å². The fourth-order valence-electron chi connectivity index (χ4n) is 1.89. The molecule has 0 fully saturated rings. The lowest BCUT2D eigenvalue weighted by molar-refractivity contribution is 0.102. The fourth-order valence-corrected chi connectivity index (χ4v) is 2.24. The molecule has 0 bridgehead atoms. The summed E-state index contributed by atoms with van der Waals surface area (Å²) in [6, 6.07) is 13.7. The van der Waals surface area contributed by atoms with Crippen LogP contribution in [0.1, 0.15) is 10.4 Å². The van der Waals surface area contributed by atoms with Gasteiger partial charge in [0, 0.05) is 10.6 Å². The van der Waals surface area contributed by atoms with E-state index in [1.807, 2.05) is 0 Å². The zero-order chi connectivity index (χ0) is 15.5. The molecule has 1 aromatic heterocycles. The number of nitrogens with zero attached hydrogens (tertiary/aromatic N) is 2. The molecule has 0 atom stereocenters. The summed E-state index contributed by atoms with van der Waals surface area (Å²) in [6.45, 7) is 0. The lowest BCUT2D eigenvalue weighted by atomic mass is 10.1. The van der Waals surface area contributed by atoms with Gasteiger partial charge in [-0.2, -0.15) is 0 Å². The van der Waals surface area contributed by atoms with Crippen LogP contribution in [0.3, 0.4) is 0 Å². The highest BCUT2D eigenvalue weighted by Gasteiger charge is 2.17. The number of rotatable bonds is 3. The Hall–Kier alpha value is -2.37. The number of benzene rings is 2. The van der Waals surface area contributed by atoms with Crippen LogP contribution in [0.25, 0.3) is 11.3 Å². The molecule has 0 saturated carbocycles. The third-order valence-electron chi connectivity index (χ3n) is 2.96. The van der Waals surface area contributed by atoms with E-state index in [0.717, 1.165) is 5.56 Å². The van der Waals surface area contributed by atoms with Crippen LogP contribution in [0.15, 0.2) is 53.2 Å². The van der Waals surface area contributed by atoms with Gasteiger partial charge in [0.05, 0.1) is 10.6 Å². The molecule has 3 aromatic rings. The monoisotopic (exact) mass is 333 g/mol. The number of halogens is 2. The van der Waals surface area contributed by atoms with Crippen molar-refractivity contribution in [2.75, 3.05) is 5.32 Å². The summed E-state index contributed by atoms with van der Waals surface area (Å²) in [5.74, 6) is -0.177. The van der Waals surface area contributed by atoms with Gasteiger partial charge in [0.1, 0.15) is 0 Å². The molecule has 1 heterocycles. The molecule has 0 spiro atoms. The molecule has 0 aliphatic heterocycles. The van der Waals surface area contributed by atoms with Crippen molar-refractivity contribution in [2.45, 2.75) is 0 Å². The van der Waals surface area contributed by atoms with Gasteiger partial charge in [-0.15, -0.1) is 0 Å². The molecule has 22 heavy (non-hydrogen) atoms. The molecule has 3 rings (SSSR count). The predicted octanol–water partition coefficient (Wildman–Crippen LogP) is 4.30. The van der Waals surface area contributed by atoms with Gasteiger partial charge in [-0.3, -0.25) is 4.79 Å². The van der Waals surface area contributed by atoms with Crippen LogP contribution in [0.2, 0.25) is 10.0 Å². The first-order chi connectivity index (χ1) is 10.6. The maximum atomic E-state index is 12.2. The smallest absolute Gasteiger partial charge is 0.258 e. The number of amides is 1. The molecule has 5 nitrogen and oxygen atoms in total. The van der Waals surface area contributed by atoms with Crippen LogP contribution in [0.5, 0.6) is 0 Å². The second-order valence-corrected chi connectivity index (χ2v) is 5.25. The van der Waals surface area contributed by atoms with Gasteiger partial charge in [-0.25, -0.2) is 4.63 Å². The molecule has 1 N–H and O–H groups in total. The van der Waals surface area contributed by atoms with Crippen LogP contribution in [0, 0.1) is 0 Å². The topological polar surface area (TPSA) is 68.0 Å². The van der Waals surface area contributed by atoms with Crippen LogP contribution < -0.4 is 5.32 Å². The van der Waals surface area contributed by atoms with Crippen molar-refractivity contribution in [1.29, 1.82) is 0 Å². The van der Waals surface area contributed by atoms with E-state index >= 15 is 0 Å². The van der Waals surface area contributed by atoms with Gasteiger partial charge >= 0.3 is 0 Å². The first-order valence-corrected chi connectivity index (χ1v) is 7.05. The predicted molar refractivity (Wildman–Crippen MR) is 84.1 cm³/mol. The largest absolute Gasteiger partial charge is 0.302 e. The number of anilines is 1. The quantitative estimate of drug-likeness (QED) is 0.776. The highest BCUT2D eigenvalue weighted by Crippen LogP contribution is 2.26. The average Bonchev–Trinajstić information content (AvgIpc) is 2.96. The Bertz CT molecular complexity index is 816. The molecular weight excluding hydrogens is 325 g/mol. The van der Waals surface area contributed by atoms with Crippen molar-refractivity contribution in [3.63, 3.8) is 0 Å². The van der Waals surface area contributed by atoms with Gasteiger partial charge < -0.3 is 5.32 Å². The maximum absolute atomic E-state index is 12.2. The minimum absolute atomic E-state index is 0.215. The summed E-state index contributed by atoms with van der Waals surface area (Å²) < 4.78 is 4.72. The molecule has 2 aromatic carbocycles. The van der Waals surface area contributed by atoms with Crippen LogP contribution >= 0.6 is 23.2 Å². The van der Waals surface area contributed by atoms with Crippen molar-refractivity contribution < 1.29 is 9.42 Å². The zero-order valence-electron chi connectivity index (χ0n) is 11.1. The van der Waals surface area contributed by atoms with E-state index in [4.69, 9.17) is 27.8 Å². The highest BCUT2D eigenvalue weighted by atomic mass is 35.5. The molecule has 0 aliphatic carbocycles. The highest BCUT2D eigenvalue weighted by molar-refractivity contribution is 6.34. The molecule has 7 heteroatoms. The van der Waals surface area contributed by atoms with Crippen LogP contribution in [0.4, 0.5) is 5.82 Å². The van der Waals surface area contributed by atoms with Gasteiger partial charge in [0.2, 0.25) is 5.82 Å². The van der Waals surface area contributed by atoms with Crippen molar-refractivity contribution in [3.05, 3.63) is 64.1 Å². The molecular formula is C15H9Cl2N3O2. The summed E-state index contributed by atoms with van der Waals surface area (Å²) >= 11 is 11.8. The Labute approximate surface area is 135 Å². The lowest BCUT2D eigenvalue weighted by Crippen LogP contribution is -2.13. The standard InChI is InChI=1S/C15H9Cl2N3O2/c16-10-7-5-9(6-8-10)13-14(20-22-19-13)18-15(21)11-3-1-2-4-12(11)17/h1-8H,(H,18,20,21). The molecule has 0 saturated heterocycles. The SMILES string of the molecule is O=C(Nc1nonc1-c1ccc(Cl)cc1)c1ccccc1Cl. The van der Waals surface area contributed by atoms with Crippen molar-refractivity contribution in [3.8, 4) is 11.3 Å². The maximum Gasteiger partial charge on any atom is 0.258 e. The Morgan fingerprint density at radius 3 is 2.45 bits per heavy atom. The molecule has 0 radical (unpaired) electrons.